The highest BCUT2D eigenvalue weighted by Crippen LogP contribution is 2.50. The first-order chi connectivity index (χ1) is 7.45. The summed E-state index contributed by atoms with van der Waals surface area (Å²) < 4.78 is 35.5. The first kappa shape index (κ1) is 11.3. The minimum absolute atomic E-state index is 0.312. The third kappa shape index (κ3) is 1.87. The third-order valence-corrected chi connectivity index (χ3v) is 4.51. The van der Waals surface area contributed by atoms with E-state index in [4.69, 9.17) is 0 Å². The molecule has 0 bridgehead atoms. The van der Waals surface area contributed by atoms with Crippen LogP contribution in [0, 0.1) is 11.7 Å². The molecule has 3 atom stereocenters. The Morgan fingerprint density at radius 3 is 2.19 bits per heavy atom. The fourth-order valence-corrected chi connectivity index (χ4v) is 3.70. The van der Waals surface area contributed by atoms with Gasteiger partial charge in [0.25, 0.3) is 0 Å². The summed E-state index contributed by atoms with van der Waals surface area (Å²) in [6.45, 7) is 0. The number of rotatable bonds is 3. The third-order valence-electron chi connectivity index (χ3n) is 2.91. The van der Waals surface area contributed by atoms with Gasteiger partial charge in [-0.1, -0.05) is 12.1 Å². The highest BCUT2D eigenvalue weighted by molar-refractivity contribution is 7.91. The predicted octanol–water partition coefficient (Wildman–Crippen LogP) is 1.15. The first-order valence-corrected chi connectivity index (χ1v) is 6.80. The van der Waals surface area contributed by atoms with Crippen LogP contribution >= 0.6 is 0 Å². The number of aldehydes is 1. The van der Waals surface area contributed by atoms with E-state index in [2.05, 4.69) is 0 Å². The van der Waals surface area contributed by atoms with E-state index in [1.807, 2.05) is 0 Å². The largest absolute Gasteiger partial charge is 0.303 e. The van der Waals surface area contributed by atoms with Crippen molar-refractivity contribution in [3.63, 3.8) is 0 Å². The molecular formula is C11H11FO3S. The van der Waals surface area contributed by atoms with Crippen LogP contribution in [0.2, 0.25) is 0 Å². The van der Waals surface area contributed by atoms with E-state index in [0.29, 0.717) is 11.8 Å². The highest BCUT2D eigenvalue weighted by Gasteiger charge is 2.57. The van der Waals surface area contributed by atoms with Crippen molar-refractivity contribution in [1.29, 1.82) is 0 Å². The van der Waals surface area contributed by atoms with Gasteiger partial charge in [-0.05, 0) is 17.7 Å². The van der Waals surface area contributed by atoms with Crippen LogP contribution in [-0.2, 0) is 14.6 Å². The average molecular weight is 242 g/mol. The van der Waals surface area contributed by atoms with Crippen LogP contribution in [0.15, 0.2) is 24.3 Å². The summed E-state index contributed by atoms with van der Waals surface area (Å²) in [5, 5.41) is -0.643. The monoisotopic (exact) mass is 242 g/mol. The molecule has 0 heterocycles. The number of hydrogen-bond donors (Lipinski definition) is 0. The van der Waals surface area contributed by atoms with Crippen LogP contribution in [0.5, 0.6) is 0 Å². The van der Waals surface area contributed by atoms with Crippen molar-refractivity contribution in [2.75, 3.05) is 6.26 Å². The Morgan fingerprint density at radius 1 is 1.25 bits per heavy atom. The van der Waals surface area contributed by atoms with Gasteiger partial charge in [0.15, 0.2) is 9.84 Å². The standard InChI is InChI=1S/C11H11FO3S/c1-16(14,15)11-9(6-13)10(11)7-2-4-8(12)5-3-7/h2-6,9-11H,1H3. The molecule has 1 saturated carbocycles. The second-order valence-electron chi connectivity index (χ2n) is 4.08. The van der Waals surface area contributed by atoms with Gasteiger partial charge >= 0.3 is 0 Å². The number of hydrogen-bond acceptors (Lipinski definition) is 3. The molecule has 0 N–H and O–H groups in total. The fraction of sp³-hybridized carbons (Fsp3) is 0.364. The highest BCUT2D eigenvalue weighted by atomic mass is 32.2. The van der Waals surface area contributed by atoms with Gasteiger partial charge in [-0.25, -0.2) is 12.8 Å². The van der Waals surface area contributed by atoms with E-state index in [0.717, 1.165) is 6.26 Å². The molecule has 3 unspecified atom stereocenters. The van der Waals surface area contributed by atoms with Crippen molar-refractivity contribution in [3.05, 3.63) is 35.6 Å². The topological polar surface area (TPSA) is 51.2 Å². The van der Waals surface area contributed by atoms with Crippen molar-refractivity contribution in [2.45, 2.75) is 11.2 Å². The molecule has 1 aromatic rings. The molecule has 1 aromatic carbocycles. The lowest BCUT2D eigenvalue weighted by atomic mass is 10.1. The zero-order valence-electron chi connectivity index (χ0n) is 8.63. The maximum absolute atomic E-state index is 12.7. The maximum atomic E-state index is 12.7. The van der Waals surface area contributed by atoms with Crippen LogP contribution in [0.3, 0.4) is 0 Å². The van der Waals surface area contributed by atoms with E-state index >= 15 is 0 Å². The molecule has 0 radical (unpaired) electrons. The van der Waals surface area contributed by atoms with Crippen molar-refractivity contribution in [2.24, 2.45) is 5.92 Å². The predicted molar refractivity (Wildman–Crippen MR) is 57.3 cm³/mol. The molecule has 0 spiro atoms. The maximum Gasteiger partial charge on any atom is 0.151 e. The van der Waals surface area contributed by atoms with Crippen LogP contribution in [0.25, 0.3) is 0 Å². The van der Waals surface area contributed by atoms with Gasteiger partial charge in [-0.15, -0.1) is 0 Å². The molecule has 16 heavy (non-hydrogen) atoms. The number of halogens is 1. The van der Waals surface area contributed by atoms with E-state index in [-0.39, 0.29) is 11.7 Å². The second kappa shape index (κ2) is 3.66. The SMILES string of the molecule is CS(=O)(=O)C1C(C=O)C1c1ccc(F)cc1. The van der Waals surface area contributed by atoms with Gasteiger partial charge in [-0.2, -0.15) is 0 Å². The lowest BCUT2D eigenvalue weighted by Gasteiger charge is -1.98. The quantitative estimate of drug-likeness (QED) is 0.747. The molecular weight excluding hydrogens is 231 g/mol. The van der Waals surface area contributed by atoms with Gasteiger partial charge in [0.05, 0.1) is 5.25 Å². The van der Waals surface area contributed by atoms with Gasteiger partial charge < -0.3 is 4.79 Å². The van der Waals surface area contributed by atoms with Gasteiger partial charge in [0.2, 0.25) is 0 Å². The molecule has 0 aromatic heterocycles. The number of benzene rings is 1. The van der Waals surface area contributed by atoms with Crippen LogP contribution < -0.4 is 0 Å². The lowest BCUT2D eigenvalue weighted by molar-refractivity contribution is -0.108. The molecule has 0 amide bonds. The normalized spacial score (nSPS) is 28.8. The molecule has 86 valence electrons. The summed E-state index contributed by atoms with van der Waals surface area (Å²) in [6.07, 6.45) is 1.79. The number of carbonyl (C=O) groups is 1. The van der Waals surface area contributed by atoms with Crippen molar-refractivity contribution < 1.29 is 17.6 Å². The first-order valence-electron chi connectivity index (χ1n) is 4.85. The summed E-state index contributed by atoms with van der Waals surface area (Å²) in [5.41, 5.74) is 0.703. The second-order valence-corrected chi connectivity index (χ2v) is 6.29. The minimum Gasteiger partial charge on any atom is -0.303 e. The van der Waals surface area contributed by atoms with Gasteiger partial charge in [-0.3, -0.25) is 0 Å². The van der Waals surface area contributed by atoms with E-state index in [1.54, 1.807) is 0 Å². The molecule has 0 saturated heterocycles. The molecule has 1 fully saturated rings. The van der Waals surface area contributed by atoms with Crippen LogP contribution in [-0.4, -0.2) is 26.2 Å². The van der Waals surface area contributed by atoms with Crippen molar-refractivity contribution >= 4 is 16.1 Å². The van der Waals surface area contributed by atoms with Gasteiger partial charge in [0, 0.05) is 18.1 Å². The van der Waals surface area contributed by atoms with Crippen LogP contribution in [0.1, 0.15) is 11.5 Å². The Bertz CT molecular complexity index is 507. The Kier molecular flexibility index (Phi) is 2.58. The number of carbonyl (C=O) groups excluding carboxylic acids is 1. The van der Waals surface area contributed by atoms with E-state index < -0.39 is 21.0 Å². The lowest BCUT2D eigenvalue weighted by Crippen LogP contribution is -2.07. The molecule has 1 aliphatic rings. The van der Waals surface area contributed by atoms with Crippen molar-refractivity contribution in [3.8, 4) is 0 Å². The Hall–Kier alpha value is -1.23. The molecule has 0 aliphatic heterocycles. The Labute approximate surface area is 93.2 Å². The average Bonchev–Trinajstić information content (AvgIpc) is 2.92. The number of sulfone groups is 1. The smallest absolute Gasteiger partial charge is 0.151 e. The van der Waals surface area contributed by atoms with Crippen molar-refractivity contribution in [1.82, 2.24) is 0 Å². The fourth-order valence-electron chi connectivity index (χ4n) is 2.12. The molecule has 2 rings (SSSR count). The Morgan fingerprint density at radius 2 is 1.81 bits per heavy atom. The van der Waals surface area contributed by atoms with Crippen LogP contribution in [0.4, 0.5) is 4.39 Å². The summed E-state index contributed by atoms with van der Waals surface area (Å²) in [6, 6.07) is 5.60. The molecule has 3 nitrogen and oxygen atoms in total. The van der Waals surface area contributed by atoms with E-state index in [1.165, 1.54) is 24.3 Å². The zero-order chi connectivity index (χ0) is 11.9. The minimum atomic E-state index is -3.22. The Balaban J connectivity index is 2.30. The summed E-state index contributed by atoms with van der Waals surface area (Å²) in [5.74, 6) is -1.17. The molecule has 1 aliphatic carbocycles. The van der Waals surface area contributed by atoms with Gasteiger partial charge in [0.1, 0.15) is 12.1 Å². The molecule has 5 heteroatoms. The summed E-state index contributed by atoms with van der Waals surface area (Å²) in [7, 11) is -3.22. The summed E-state index contributed by atoms with van der Waals surface area (Å²) >= 11 is 0. The van der Waals surface area contributed by atoms with E-state index in [9.17, 15) is 17.6 Å². The summed E-state index contributed by atoms with van der Waals surface area (Å²) in [4.78, 5) is 10.7. The zero-order valence-corrected chi connectivity index (χ0v) is 9.45.